The Labute approximate surface area is 141 Å². The van der Waals surface area contributed by atoms with Crippen molar-refractivity contribution >= 4 is 17.8 Å². The SMILES string of the molecule is CC1CN(C(=O)Nc2cccnc2)CCC1=Cc1cccc(F)c1. The largest absolute Gasteiger partial charge is 0.324 e. The summed E-state index contributed by atoms with van der Waals surface area (Å²) in [6.45, 7) is 3.39. The summed E-state index contributed by atoms with van der Waals surface area (Å²) >= 11 is 0. The van der Waals surface area contributed by atoms with Gasteiger partial charge in [0, 0.05) is 19.3 Å². The third-order valence-corrected chi connectivity index (χ3v) is 4.20. The fourth-order valence-corrected chi connectivity index (χ4v) is 2.90. The van der Waals surface area contributed by atoms with Gasteiger partial charge in [-0.05, 0) is 42.2 Å². The molecule has 1 aliphatic rings. The Morgan fingerprint density at radius 2 is 2.25 bits per heavy atom. The number of halogens is 1. The van der Waals surface area contributed by atoms with Crippen molar-refractivity contribution in [3.8, 4) is 0 Å². The summed E-state index contributed by atoms with van der Waals surface area (Å²) in [5.41, 5.74) is 2.80. The van der Waals surface area contributed by atoms with Crippen LogP contribution in [0.5, 0.6) is 0 Å². The molecule has 4 nitrogen and oxygen atoms in total. The van der Waals surface area contributed by atoms with Crippen LogP contribution in [-0.4, -0.2) is 29.0 Å². The van der Waals surface area contributed by atoms with Crippen LogP contribution in [0.2, 0.25) is 0 Å². The molecule has 0 radical (unpaired) electrons. The second kappa shape index (κ2) is 7.25. The van der Waals surface area contributed by atoms with Gasteiger partial charge in [-0.3, -0.25) is 4.98 Å². The fourth-order valence-electron chi connectivity index (χ4n) is 2.90. The van der Waals surface area contributed by atoms with Crippen molar-refractivity contribution in [3.63, 3.8) is 0 Å². The van der Waals surface area contributed by atoms with E-state index in [1.165, 1.54) is 17.7 Å². The standard InChI is InChI=1S/C19H20FN3O/c1-14-13-23(19(24)22-18-6-3-8-21-12-18)9-7-16(14)10-15-4-2-5-17(20)11-15/h2-6,8,10-12,14H,7,9,13H2,1H3,(H,22,24). The van der Waals surface area contributed by atoms with Crippen molar-refractivity contribution in [2.24, 2.45) is 5.92 Å². The van der Waals surface area contributed by atoms with E-state index in [2.05, 4.69) is 17.2 Å². The number of piperidine rings is 1. The van der Waals surface area contributed by atoms with Gasteiger partial charge in [-0.2, -0.15) is 0 Å². The van der Waals surface area contributed by atoms with E-state index < -0.39 is 0 Å². The summed E-state index contributed by atoms with van der Waals surface area (Å²) in [4.78, 5) is 18.1. The van der Waals surface area contributed by atoms with Gasteiger partial charge >= 0.3 is 6.03 Å². The predicted octanol–water partition coefficient (Wildman–Crippen LogP) is 4.18. The van der Waals surface area contributed by atoms with Crippen molar-refractivity contribution in [2.45, 2.75) is 13.3 Å². The number of anilines is 1. The van der Waals surface area contributed by atoms with Crippen LogP contribution >= 0.6 is 0 Å². The number of pyridine rings is 1. The molecule has 1 N–H and O–H groups in total. The highest BCUT2D eigenvalue weighted by Gasteiger charge is 2.24. The second-order valence-electron chi connectivity index (χ2n) is 6.04. The molecule has 1 aromatic carbocycles. The first-order chi connectivity index (χ1) is 11.6. The molecule has 1 atom stereocenters. The molecule has 1 aromatic heterocycles. The van der Waals surface area contributed by atoms with E-state index in [4.69, 9.17) is 0 Å². The zero-order chi connectivity index (χ0) is 16.9. The quantitative estimate of drug-likeness (QED) is 0.900. The summed E-state index contributed by atoms with van der Waals surface area (Å²) < 4.78 is 13.3. The van der Waals surface area contributed by atoms with E-state index in [1.807, 2.05) is 18.2 Å². The molecular formula is C19H20FN3O. The Kier molecular flexibility index (Phi) is 4.89. The van der Waals surface area contributed by atoms with Crippen molar-refractivity contribution in [2.75, 3.05) is 18.4 Å². The maximum absolute atomic E-state index is 13.3. The van der Waals surface area contributed by atoms with Crippen LogP contribution in [0.1, 0.15) is 18.9 Å². The van der Waals surface area contributed by atoms with E-state index in [-0.39, 0.29) is 17.8 Å². The molecule has 0 aliphatic carbocycles. The molecular weight excluding hydrogens is 305 g/mol. The zero-order valence-corrected chi connectivity index (χ0v) is 13.6. The number of urea groups is 1. The number of rotatable bonds is 2. The van der Waals surface area contributed by atoms with Gasteiger partial charge < -0.3 is 10.2 Å². The number of aromatic nitrogens is 1. The summed E-state index contributed by atoms with van der Waals surface area (Å²) in [6.07, 6.45) is 6.12. The first kappa shape index (κ1) is 16.2. The van der Waals surface area contributed by atoms with Crippen LogP contribution in [0.4, 0.5) is 14.9 Å². The van der Waals surface area contributed by atoms with Gasteiger partial charge in [0.15, 0.2) is 0 Å². The molecule has 1 unspecified atom stereocenters. The minimum absolute atomic E-state index is 0.111. The van der Waals surface area contributed by atoms with Crippen LogP contribution < -0.4 is 5.32 Å². The highest BCUT2D eigenvalue weighted by molar-refractivity contribution is 5.89. The second-order valence-corrected chi connectivity index (χ2v) is 6.04. The minimum Gasteiger partial charge on any atom is -0.324 e. The van der Waals surface area contributed by atoms with Gasteiger partial charge in [0.1, 0.15) is 5.82 Å². The fraction of sp³-hybridized carbons (Fsp3) is 0.263. The van der Waals surface area contributed by atoms with Crippen molar-refractivity contribution in [3.05, 3.63) is 65.7 Å². The highest BCUT2D eigenvalue weighted by Crippen LogP contribution is 2.25. The van der Waals surface area contributed by atoms with Gasteiger partial charge in [-0.15, -0.1) is 0 Å². The number of carbonyl (C=O) groups is 1. The molecule has 3 rings (SSSR count). The Morgan fingerprint density at radius 3 is 2.96 bits per heavy atom. The number of hydrogen-bond donors (Lipinski definition) is 1. The van der Waals surface area contributed by atoms with Crippen LogP contribution in [0.3, 0.4) is 0 Å². The Hall–Kier alpha value is -2.69. The average molecular weight is 325 g/mol. The van der Waals surface area contributed by atoms with Crippen LogP contribution in [0.25, 0.3) is 6.08 Å². The summed E-state index contributed by atoms with van der Waals surface area (Å²) in [6, 6.07) is 10.1. The number of hydrogen-bond acceptors (Lipinski definition) is 2. The summed E-state index contributed by atoms with van der Waals surface area (Å²) in [7, 11) is 0. The molecule has 124 valence electrons. The average Bonchev–Trinajstić information content (AvgIpc) is 2.57. The third kappa shape index (κ3) is 3.98. The monoisotopic (exact) mass is 325 g/mol. The van der Waals surface area contributed by atoms with E-state index in [0.717, 1.165) is 12.0 Å². The molecule has 2 aromatic rings. The normalized spacial score (nSPS) is 19.3. The highest BCUT2D eigenvalue weighted by atomic mass is 19.1. The molecule has 0 bridgehead atoms. The third-order valence-electron chi connectivity index (χ3n) is 4.20. The van der Waals surface area contributed by atoms with Gasteiger partial charge in [0.2, 0.25) is 0 Å². The molecule has 1 aliphatic heterocycles. The smallest absolute Gasteiger partial charge is 0.321 e. The Bertz CT molecular complexity index is 745. The number of amides is 2. The molecule has 2 heterocycles. The van der Waals surface area contributed by atoms with E-state index in [1.54, 1.807) is 29.4 Å². The molecule has 1 saturated heterocycles. The maximum Gasteiger partial charge on any atom is 0.321 e. The van der Waals surface area contributed by atoms with Gasteiger partial charge in [-0.25, -0.2) is 9.18 Å². The van der Waals surface area contributed by atoms with E-state index in [0.29, 0.717) is 18.8 Å². The van der Waals surface area contributed by atoms with Gasteiger partial charge in [-0.1, -0.05) is 30.7 Å². The lowest BCUT2D eigenvalue weighted by molar-refractivity contribution is 0.198. The van der Waals surface area contributed by atoms with Crippen LogP contribution in [0, 0.1) is 11.7 Å². The lowest BCUT2D eigenvalue weighted by Gasteiger charge is -2.33. The number of nitrogens with zero attached hydrogens (tertiary/aromatic N) is 2. The minimum atomic E-state index is -0.231. The van der Waals surface area contributed by atoms with Crippen LogP contribution in [-0.2, 0) is 0 Å². The van der Waals surface area contributed by atoms with Crippen molar-refractivity contribution in [1.82, 2.24) is 9.88 Å². The topological polar surface area (TPSA) is 45.2 Å². The summed E-state index contributed by atoms with van der Waals surface area (Å²) in [5.74, 6) is 0.00644. The molecule has 1 fully saturated rings. The Balaban J connectivity index is 1.63. The van der Waals surface area contributed by atoms with Crippen LogP contribution in [0.15, 0.2) is 54.4 Å². The molecule has 24 heavy (non-hydrogen) atoms. The summed E-state index contributed by atoms with van der Waals surface area (Å²) in [5, 5.41) is 2.86. The molecule has 0 saturated carbocycles. The first-order valence-corrected chi connectivity index (χ1v) is 8.04. The first-order valence-electron chi connectivity index (χ1n) is 8.04. The lowest BCUT2D eigenvalue weighted by Crippen LogP contribution is -2.42. The number of benzene rings is 1. The van der Waals surface area contributed by atoms with E-state index >= 15 is 0 Å². The maximum atomic E-state index is 13.3. The predicted molar refractivity (Wildman–Crippen MR) is 93.0 cm³/mol. The lowest BCUT2D eigenvalue weighted by atomic mass is 9.91. The molecule has 5 heteroatoms. The van der Waals surface area contributed by atoms with Gasteiger partial charge in [0.05, 0.1) is 11.9 Å². The number of likely N-dealkylation sites (tertiary alicyclic amines) is 1. The van der Waals surface area contributed by atoms with Crippen molar-refractivity contribution in [1.29, 1.82) is 0 Å². The Morgan fingerprint density at radius 1 is 1.38 bits per heavy atom. The van der Waals surface area contributed by atoms with E-state index in [9.17, 15) is 9.18 Å². The molecule has 0 spiro atoms. The number of carbonyl (C=O) groups excluding carboxylic acids is 1. The van der Waals surface area contributed by atoms with Gasteiger partial charge in [0.25, 0.3) is 0 Å². The van der Waals surface area contributed by atoms with Crippen molar-refractivity contribution < 1.29 is 9.18 Å². The molecule has 2 amide bonds. The number of nitrogens with one attached hydrogen (secondary N) is 1. The zero-order valence-electron chi connectivity index (χ0n) is 13.6.